The second kappa shape index (κ2) is 9.50. The van der Waals surface area contributed by atoms with E-state index in [1.165, 1.54) is 10.8 Å². The minimum absolute atomic E-state index is 0.183. The van der Waals surface area contributed by atoms with E-state index in [1.807, 2.05) is 31.4 Å². The standard InChI is InChI=1S/C21H30N6O/c1-22-21(24-16-19-18-7-5-4-6-17(18)8-10-23-19)27-14-12-26(13-15-27)11-9-20(28)25(2)3/h4-8,10H,9,11-16H2,1-3H3,(H,22,24). The van der Waals surface area contributed by atoms with Gasteiger partial charge in [0, 0.05) is 71.9 Å². The molecule has 0 bridgehead atoms. The predicted octanol–water partition coefficient (Wildman–Crippen LogP) is 1.41. The number of piperazine rings is 1. The molecule has 1 amide bonds. The van der Waals surface area contributed by atoms with Crippen LogP contribution in [-0.4, -0.2) is 85.4 Å². The van der Waals surface area contributed by atoms with Gasteiger partial charge in [0.25, 0.3) is 0 Å². The number of fused-ring (bicyclic) bond motifs is 1. The van der Waals surface area contributed by atoms with Crippen molar-refractivity contribution in [1.82, 2.24) is 25.0 Å². The fourth-order valence-electron chi connectivity index (χ4n) is 3.48. The molecule has 0 saturated carbocycles. The fourth-order valence-corrected chi connectivity index (χ4v) is 3.48. The van der Waals surface area contributed by atoms with Gasteiger partial charge in [0.1, 0.15) is 0 Å². The number of aromatic nitrogens is 1. The van der Waals surface area contributed by atoms with Gasteiger partial charge in [0.2, 0.25) is 5.91 Å². The molecule has 28 heavy (non-hydrogen) atoms. The lowest BCUT2D eigenvalue weighted by Crippen LogP contribution is -2.52. The number of pyridine rings is 1. The van der Waals surface area contributed by atoms with E-state index in [1.54, 1.807) is 19.0 Å². The minimum Gasteiger partial charge on any atom is -0.351 e. The van der Waals surface area contributed by atoms with Gasteiger partial charge in [-0.15, -0.1) is 0 Å². The lowest BCUT2D eigenvalue weighted by atomic mass is 10.1. The van der Waals surface area contributed by atoms with Gasteiger partial charge in [-0.3, -0.25) is 19.7 Å². The van der Waals surface area contributed by atoms with E-state index in [0.29, 0.717) is 13.0 Å². The lowest BCUT2D eigenvalue weighted by Gasteiger charge is -2.36. The van der Waals surface area contributed by atoms with Crippen LogP contribution in [0.5, 0.6) is 0 Å². The summed E-state index contributed by atoms with van der Waals surface area (Å²) in [7, 11) is 5.43. The molecule has 1 aromatic heterocycles. The van der Waals surface area contributed by atoms with Gasteiger partial charge in [-0.1, -0.05) is 24.3 Å². The molecule has 150 valence electrons. The maximum atomic E-state index is 11.8. The summed E-state index contributed by atoms with van der Waals surface area (Å²) in [5, 5.41) is 5.83. The summed E-state index contributed by atoms with van der Waals surface area (Å²) >= 11 is 0. The van der Waals surface area contributed by atoms with Crippen LogP contribution in [0.25, 0.3) is 10.8 Å². The highest BCUT2D eigenvalue weighted by Gasteiger charge is 2.20. The Bertz CT molecular complexity index is 821. The molecule has 1 fully saturated rings. The van der Waals surface area contributed by atoms with Crippen molar-refractivity contribution < 1.29 is 4.79 Å². The summed E-state index contributed by atoms with van der Waals surface area (Å²) < 4.78 is 0. The Hall–Kier alpha value is -2.67. The Balaban J connectivity index is 1.52. The molecule has 7 nitrogen and oxygen atoms in total. The third-order valence-electron chi connectivity index (χ3n) is 5.19. The zero-order chi connectivity index (χ0) is 19.9. The van der Waals surface area contributed by atoms with Gasteiger partial charge in [-0.2, -0.15) is 0 Å². The first kappa shape index (κ1) is 20.1. The molecule has 7 heteroatoms. The van der Waals surface area contributed by atoms with Crippen molar-refractivity contribution in [3.8, 4) is 0 Å². The molecule has 1 aliphatic rings. The van der Waals surface area contributed by atoms with E-state index in [4.69, 9.17) is 0 Å². The third-order valence-corrected chi connectivity index (χ3v) is 5.19. The number of aliphatic imine (C=N–C) groups is 1. The van der Waals surface area contributed by atoms with E-state index in [2.05, 4.69) is 37.2 Å². The molecule has 0 spiro atoms. The van der Waals surface area contributed by atoms with Crippen molar-refractivity contribution in [3.63, 3.8) is 0 Å². The summed E-state index contributed by atoms with van der Waals surface area (Å²) in [5.41, 5.74) is 1.03. The van der Waals surface area contributed by atoms with Gasteiger partial charge in [0.05, 0.1) is 12.2 Å². The summed E-state index contributed by atoms with van der Waals surface area (Å²) in [6.07, 6.45) is 2.43. The first-order valence-electron chi connectivity index (χ1n) is 9.79. The van der Waals surface area contributed by atoms with Crippen molar-refractivity contribution >= 4 is 22.6 Å². The Kier molecular flexibility index (Phi) is 6.81. The van der Waals surface area contributed by atoms with Gasteiger partial charge >= 0.3 is 0 Å². The summed E-state index contributed by atoms with van der Waals surface area (Å²) in [6.45, 7) is 5.14. The molecule has 0 unspecified atom stereocenters. The number of nitrogens with zero attached hydrogens (tertiary/aromatic N) is 5. The van der Waals surface area contributed by atoms with Crippen molar-refractivity contribution in [1.29, 1.82) is 0 Å². The Morgan fingerprint density at radius 1 is 1.18 bits per heavy atom. The van der Waals surface area contributed by atoms with Gasteiger partial charge < -0.3 is 15.1 Å². The van der Waals surface area contributed by atoms with Crippen molar-refractivity contribution in [2.24, 2.45) is 4.99 Å². The molecular weight excluding hydrogens is 352 g/mol. The fraction of sp³-hybridized carbons (Fsp3) is 0.476. The first-order chi connectivity index (χ1) is 13.6. The molecule has 0 radical (unpaired) electrons. The maximum absolute atomic E-state index is 11.8. The second-order valence-electron chi connectivity index (χ2n) is 7.25. The molecule has 1 saturated heterocycles. The van der Waals surface area contributed by atoms with Crippen molar-refractivity contribution in [2.75, 3.05) is 53.9 Å². The van der Waals surface area contributed by atoms with Crippen molar-refractivity contribution in [3.05, 3.63) is 42.2 Å². The summed E-state index contributed by atoms with van der Waals surface area (Å²) in [5.74, 6) is 1.08. The van der Waals surface area contributed by atoms with E-state index in [-0.39, 0.29) is 5.91 Å². The number of amides is 1. The Morgan fingerprint density at radius 2 is 1.93 bits per heavy atom. The molecule has 1 aliphatic heterocycles. The van der Waals surface area contributed by atoms with Crippen LogP contribution in [0.4, 0.5) is 0 Å². The zero-order valence-corrected chi connectivity index (χ0v) is 17.1. The van der Waals surface area contributed by atoms with E-state index < -0.39 is 0 Å². The number of benzene rings is 1. The normalized spacial score (nSPS) is 15.7. The molecule has 0 atom stereocenters. The van der Waals surface area contributed by atoms with Crippen LogP contribution in [0.15, 0.2) is 41.5 Å². The maximum Gasteiger partial charge on any atom is 0.223 e. The number of carbonyl (C=O) groups is 1. The highest BCUT2D eigenvalue weighted by atomic mass is 16.2. The highest BCUT2D eigenvalue weighted by molar-refractivity contribution is 5.85. The average Bonchev–Trinajstić information content (AvgIpc) is 2.73. The molecule has 1 aromatic carbocycles. The molecular formula is C21H30N6O. The number of hydrogen-bond donors (Lipinski definition) is 1. The number of carbonyl (C=O) groups excluding carboxylic acids is 1. The number of rotatable bonds is 5. The van der Waals surface area contributed by atoms with Crippen LogP contribution in [0.2, 0.25) is 0 Å². The second-order valence-corrected chi connectivity index (χ2v) is 7.25. The highest BCUT2D eigenvalue weighted by Crippen LogP contribution is 2.16. The van der Waals surface area contributed by atoms with Gasteiger partial charge in [-0.05, 0) is 11.5 Å². The van der Waals surface area contributed by atoms with Crippen LogP contribution in [0.1, 0.15) is 12.1 Å². The smallest absolute Gasteiger partial charge is 0.223 e. The summed E-state index contributed by atoms with van der Waals surface area (Å²) in [4.78, 5) is 27.0. The van der Waals surface area contributed by atoms with E-state index in [0.717, 1.165) is 44.4 Å². The van der Waals surface area contributed by atoms with E-state index >= 15 is 0 Å². The molecule has 2 aromatic rings. The summed E-state index contributed by atoms with van der Waals surface area (Å²) in [6, 6.07) is 10.3. The SMILES string of the molecule is CN=C(NCc1nccc2ccccc12)N1CCN(CCC(=O)N(C)C)CC1. The topological polar surface area (TPSA) is 64.1 Å². The van der Waals surface area contributed by atoms with Gasteiger partial charge in [-0.25, -0.2) is 0 Å². The number of nitrogens with one attached hydrogen (secondary N) is 1. The third kappa shape index (κ3) is 4.98. The zero-order valence-electron chi connectivity index (χ0n) is 17.1. The van der Waals surface area contributed by atoms with Crippen LogP contribution in [0, 0.1) is 0 Å². The molecule has 0 aliphatic carbocycles. The van der Waals surface area contributed by atoms with Crippen LogP contribution in [-0.2, 0) is 11.3 Å². The number of guanidine groups is 1. The Morgan fingerprint density at radius 3 is 2.64 bits per heavy atom. The minimum atomic E-state index is 0.183. The van der Waals surface area contributed by atoms with E-state index in [9.17, 15) is 4.79 Å². The van der Waals surface area contributed by atoms with Gasteiger partial charge in [0.15, 0.2) is 5.96 Å². The average molecular weight is 383 g/mol. The number of hydrogen-bond acceptors (Lipinski definition) is 4. The monoisotopic (exact) mass is 382 g/mol. The first-order valence-corrected chi connectivity index (χ1v) is 9.79. The Labute approximate surface area is 167 Å². The van der Waals surface area contributed by atoms with Crippen LogP contribution in [0.3, 0.4) is 0 Å². The predicted molar refractivity (Wildman–Crippen MR) is 113 cm³/mol. The lowest BCUT2D eigenvalue weighted by molar-refractivity contribution is -0.129. The molecule has 1 N–H and O–H groups in total. The van der Waals surface area contributed by atoms with Crippen LogP contribution < -0.4 is 5.32 Å². The van der Waals surface area contributed by atoms with Crippen LogP contribution >= 0.6 is 0 Å². The van der Waals surface area contributed by atoms with Crippen molar-refractivity contribution in [2.45, 2.75) is 13.0 Å². The molecule has 2 heterocycles. The quantitative estimate of drug-likeness (QED) is 0.626. The molecule has 3 rings (SSSR count). The largest absolute Gasteiger partial charge is 0.351 e.